The van der Waals surface area contributed by atoms with E-state index in [0.29, 0.717) is 11.5 Å². The van der Waals surface area contributed by atoms with Crippen LogP contribution in [-0.4, -0.2) is 9.97 Å². The Morgan fingerprint density at radius 2 is 2.31 bits per heavy atom. The zero-order chi connectivity index (χ0) is 9.10. The Morgan fingerprint density at radius 3 is 3.00 bits per heavy atom. The van der Waals surface area contributed by atoms with Gasteiger partial charge in [0.2, 0.25) is 0 Å². The highest BCUT2D eigenvalue weighted by molar-refractivity contribution is 7.13. The average Bonchev–Trinajstić information content (AvgIpc) is 2.71. The first-order chi connectivity index (χ1) is 6.40. The fourth-order valence-corrected chi connectivity index (χ4v) is 1.61. The summed E-state index contributed by atoms with van der Waals surface area (Å²) in [6.07, 6.45) is 1.60. The van der Waals surface area contributed by atoms with E-state index in [1.54, 1.807) is 23.6 Å². The lowest BCUT2D eigenvalue weighted by Gasteiger charge is -1.93. The van der Waals surface area contributed by atoms with Gasteiger partial charge in [-0.05, 0) is 17.5 Å². The molecule has 0 aromatic carbocycles. The van der Waals surface area contributed by atoms with Crippen molar-refractivity contribution in [3.05, 3.63) is 35.5 Å². The minimum atomic E-state index is 0.401. The molecule has 0 spiro atoms. The summed E-state index contributed by atoms with van der Waals surface area (Å²) in [5, 5.41) is 10.6. The summed E-state index contributed by atoms with van der Waals surface area (Å²) >= 11 is 1.56. The topological polar surface area (TPSA) is 49.6 Å². The summed E-state index contributed by atoms with van der Waals surface area (Å²) in [5.41, 5.74) is 0.401. The van der Waals surface area contributed by atoms with E-state index in [0.717, 1.165) is 4.88 Å². The van der Waals surface area contributed by atoms with Crippen molar-refractivity contribution in [3.8, 4) is 16.8 Å². The monoisotopic (exact) mass is 187 g/mol. The van der Waals surface area contributed by atoms with Gasteiger partial charge >= 0.3 is 0 Å². The number of nitriles is 1. The third kappa shape index (κ3) is 1.55. The SMILES string of the molecule is N#Cc1ccnc(-c2cccs2)n1. The van der Waals surface area contributed by atoms with Crippen LogP contribution < -0.4 is 0 Å². The normalized spacial score (nSPS) is 9.46. The van der Waals surface area contributed by atoms with E-state index in [2.05, 4.69) is 9.97 Å². The third-order valence-electron chi connectivity index (χ3n) is 1.51. The van der Waals surface area contributed by atoms with Crippen molar-refractivity contribution in [3.63, 3.8) is 0 Å². The van der Waals surface area contributed by atoms with Gasteiger partial charge in [0.25, 0.3) is 0 Å². The van der Waals surface area contributed by atoms with Gasteiger partial charge in [0.1, 0.15) is 11.8 Å². The van der Waals surface area contributed by atoms with Crippen molar-refractivity contribution < 1.29 is 0 Å². The molecule has 0 atom stereocenters. The van der Waals surface area contributed by atoms with Gasteiger partial charge in [0.05, 0.1) is 4.88 Å². The molecule has 0 bridgehead atoms. The van der Waals surface area contributed by atoms with Gasteiger partial charge in [-0.3, -0.25) is 0 Å². The summed E-state index contributed by atoms with van der Waals surface area (Å²) in [7, 11) is 0. The van der Waals surface area contributed by atoms with Crippen LogP contribution in [0.3, 0.4) is 0 Å². The maximum atomic E-state index is 8.62. The van der Waals surface area contributed by atoms with Crippen LogP contribution in [0.5, 0.6) is 0 Å². The molecule has 2 aromatic heterocycles. The van der Waals surface area contributed by atoms with Gasteiger partial charge in [-0.2, -0.15) is 5.26 Å². The molecule has 0 unspecified atom stereocenters. The molecule has 2 heterocycles. The van der Waals surface area contributed by atoms with Crippen molar-refractivity contribution >= 4 is 11.3 Å². The van der Waals surface area contributed by atoms with Gasteiger partial charge in [-0.15, -0.1) is 11.3 Å². The van der Waals surface area contributed by atoms with Crippen molar-refractivity contribution in [1.29, 1.82) is 5.26 Å². The largest absolute Gasteiger partial charge is 0.236 e. The lowest BCUT2D eigenvalue weighted by molar-refractivity contribution is 1.16. The van der Waals surface area contributed by atoms with Crippen molar-refractivity contribution in [1.82, 2.24) is 9.97 Å². The maximum absolute atomic E-state index is 8.62. The minimum Gasteiger partial charge on any atom is -0.236 e. The molecule has 0 radical (unpaired) electrons. The Bertz CT molecular complexity index is 442. The number of hydrogen-bond donors (Lipinski definition) is 0. The Hall–Kier alpha value is -1.73. The summed E-state index contributed by atoms with van der Waals surface area (Å²) in [6.45, 7) is 0. The van der Waals surface area contributed by atoms with Crippen LogP contribution in [0.4, 0.5) is 0 Å². The van der Waals surface area contributed by atoms with Gasteiger partial charge in [0.15, 0.2) is 5.82 Å². The molecule has 0 aliphatic rings. The molecule has 0 amide bonds. The second-order valence-electron chi connectivity index (χ2n) is 2.35. The lowest BCUT2D eigenvalue weighted by atomic mass is 10.4. The van der Waals surface area contributed by atoms with Crippen LogP contribution in [0.2, 0.25) is 0 Å². The second-order valence-corrected chi connectivity index (χ2v) is 3.30. The smallest absolute Gasteiger partial charge is 0.170 e. The molecular formula is C9H5N3S. The maximum Gasteiger partial charge on any atom is 0.170 e. The number of nitrogens with zero attached hydrogens (tertiary/aromatic N) is 3. The van der Waals surface area contributed by atoms with Crippen LogP contribution in [0.25, 0.3) is 10.7 Å². The highest BCUT2D eigenvalue weighted by Crippen LogP contribution is 2.20. The van der Waals surface area contributed by atoms with Crippen LogP contribution in [0.15, 0.2) is 29.8 Å². The summed E-state index contributed by atoms with van der Waals surface area (Å²) in [6, 6.07) is 7.44. The van der Waals surface area contributed by atoms with Crippen LogP contribution in [-0.2, 0) is 0 Å². The molecule has 2 rings (SSSR count). The molecule has 0 fully saturated rings. The molecule has 4 heteroatoms. The fourth-order valence-electron chi connectivity index (χ4n) is 0.945. The third-order valence-corrected chi connectivity index (χ3v) is 2.38. The molecule has 0 saturated carbocycles. The van der Waals surface area contributed by atoms with E-state index in [-0.39, 0.29) is 0 Å². The molecule has 0 N–H and O–H groups in total. The summed E-state index contributed by atoms with van der Waals surface area (Å²) in [5.74, 6) is 0.619. The Morgan fingerprint density at radius 1 is 1.38 bits per heavy atom. The Kier molecular flexibility index (Phi) is 2.02. The van der Waals surface area contributed by atoms with E-state index in [1.165, 1.54) is 0 Å². The lowest BCUT2D eigenvalue weighted by Crippen LogP contribution is -1.88. The minimum absolute atomic E-state index is 0.401. The first-order valence-corrected chi connectivity index (χ1v) is 4.55. The standard InChI is InChI=1S/C9H5N3S/c10-6-7-3-4-11-9(12-7)8-2-1-5-13-8/h1-5H. The number of hydrogen-bond acceptors (Lipinski definition) is 4. The zero-order valence-electron chi connectivity index (χ0n) is 6.64. The number of aromatic nitrogens is 2. The molecule has 0 aliphatic carbocycles. The molecular weight excluding hydrogens is 182 g/mol. The van der Waals surface area contributed by atoms with E-state index >= 15 is 0 Å². The van der Waals surface area contributed by atoms with Gasteiger partial charge in [-0.1, -0.05) is 6.07 Å². The first-order valence-electron chi connectivity index (χ1n) is 3.67. The van der Waals surface area contributed by atoms with Gasteiger partial charge < -0.3 is 0 Å². The number of rotatable bonds is 1. The first kappa shape index (κ1) is 7.90. The van der Waals surface area contributed by atoms with E-state index in [1.807, 2.05) is 23.6 Å². The molecule has 3 nitrogen and oxygen atoms in total. The highest BCUT2D eigenvalue weighted by Gasteiger charge is 2.01. The summed E-state index contributed by atoms with van der Waals surface area (Å²) in [4.78, 5) is 9.13. The highest BCUT2D eigenvalue weighted by atomic mass is 32.1. The zero-order valence-corrected chi connectivity index (χ0v) is 7.45. The molecule has 0 saturated heterocycles. The van der Waals surface area contributed by atoms with Crippen LogP contribution in [0.1, 0.15) is 5.69 Å². The predicted molar refractivity (Wildman–Crippen MR) is 50.1 cm³/mol. The van der Waals surface area contributed by atoms with Gasteiger partial charge in [-0.25, -0.2) is 9.97 Å². The molecule has 2 aromatic rings. The quantitative estimate of drug-likeness (QED) is 0.686. The Balaban J connectivity index is 2.49. The average molecular weight is 187 g/mol. The molecule has 62 valence electrons. The fraction of sp³-hybridized carbons (Fsp3) is 0. The van der Waals surface area contributed by atoms with E-state index in [9.17, 15) is 0 Å². The van der Waals surface area contributed by atoms with Gasteiger partial charge in [0, 0.05) is 6.20 Å². The second kappa shape index (κ2) is 3.33. The molecule has 13 heavy (non-hydrogen) atoms. The molecule has 0 aliphatic heterocycles. The van der Waals surface area contributed by atoms with Crippen molar-refractivity contribution in [2.75, 3.05) is 0 Å². The number of thiophene rings is 1. The van der Waals surface area contributed by atoms with Crippen molar-refractivity contribution in [2.24, 2.45) is 0 Å². The predicted octanol–water partition coefficient (Wildman–Crippen LogP) is 2.08. The van der Waals surface area contributed by atoms with E-state index in [4.69, 9.17) is 5.26 Å². The van der Waals surface area contributed by atoms with Crippen molar-refractivity contribution in [2.45, 2.75) is 0 Å². The van der Waals surface area contributed by atoms with Crippen LogP contribution in [0, 0.1) is 11.3 Å². The van der Waals surface area contributed by atoms with Crippen LogP contribution >= 0.6 is 11.3 Å². The Labute approximate surface area is 79.3 Å². The summed E-state index contributed by atoms with van der Waals surface area (Å²) < 4.78 is 0. The van der Waals surface area contributed by atoms with E-state index < -0.39 is 0 Å².